The van der Waals surface area contributed by atoms with Crippen molar-refractivity contribution in [3.63, 3.8) is 0 Å². The van der Waals surface area contributed by atoms with E-state index in [9.17, 15) is 5.26 Å². The van der Waals surface area contributed by atoms with E-state index >= 15 is 0 Å². The molecule has 0 aliphatic carbocycles. The summed E-state index contributed by atoms with van der Waals surface area (Å²) in [4.78, 5) is 17.4. The van der Waals surface area contributed by atoms with E-state index in [4.69, 9.17) is 15.2 Å². The third-order valence-corrected chi connectivity index (χ3v) is 3.85. The minimum atomic E-state index is -0.0323. The third-order valence-electron chi connectivity index (χ3n) is 3.85. The Balaban J connectivity index is 1.98. The van der Waals surface area contributed by atoms with E-state index < -0.39 is 0 Å². The topological polar surface area (TPSA) is 120 Å². The highest BCUT2D eigenvalue weighted by atomic mass is 16.5. The van der Waals surface area contributed by atoms with Gasteiger partial charge in [-0.2, -0.15) is 15.2 Å². The second kappa shape index (κ2) is 9.08. The van der Waals surface area contributed by atoms with Crippen LogP contribution in [-0.4, -0.2) is 32.6 Å². The molecule has 0 aliphatic heterocycles. The Morgan fingerprint density at radius 1 is 1.10 bits per heavy atom. The van der Waals surface area contributed by atoms with Crippen LogP contribution in [0.4, 0.5) is 0 Å². The van der Waals surface area contributed by atoms with Gasteiger partial charge in [-0.15, -0.1) is 0 Å². The van der Waals surface area contributed by atoms with Crippen LogP contribution in [0.25, 0.3) is 11.4 Å². The van der Waals surface area contributed by atoms with Crippen LogP contribution in [0.15, 0.2) is 36.7 Å². The van der Waals surface area contributed by atoms with Gasteiger partial charge in [0.15, 0.2) is 5.82 Å². The molecule has 2 N–H and O–H groups in total. The summed E-state index contributed by atoms with van der Waals surface area (Å²) in [7, 11) is 0. The lowest BCUT2D eigenvalue weighted by Gasteiger charge is -2.13. The summed E-state index contributed by atoms with van der Waals surface area (Å²) in [5, 5.41) is 9.28. The highest BCUT2D eigenvalue weighted by Crippen LogP contribution is 2.32. The maximum absolute atomic E-state index is 9.28. The van der Waals surface area contributed by atoms with Crippen molar-refractivity contribution < 1.29 is 9.47 Å². The van der Waals surface area contributed by atoms with Crippen LogP contribution >= 0.6 is 0 Å². The fourth-order valence-corrected chi connectivity index (χ4v) is 2.63. The molecule has 0 saturated heterocycles. The summed E-state index contributed by atoms with van der Waals surface area (Å²) in [5.41, 5.74) is 7.63. The number of rotatable bonds is 7. The molecular formula is C21H22N6O2. The lowest BCUT2D eigenvalue weighted by atomic mass is 10.1. The van der Waals surface area contributed by atoms with Crippen molar-refractivity contribution in [3.8, 4) is 35.0 Å². The first-order valence-corrected chi connectivity index (χ1v) is 9.24. The van der Waals surface area contributed by atoms with Crippen molar-refractivity contribution in [1.82, 2.24) is 19.9 Å². The van der Waals surface area contributed by atoms with Gasteiger partial charge in [-0.3, -0.25) is 0 Å². The molecule has 1 aromatic carbocycles. The number of nitriles is 1. The molecule has 0 spiro atoms. The monoisotopic (exact) mass is 390 g/mol. The second-order valence-electron chi connectivity index (χ2n) is 6.64. The zero-order valence-corrected chi connectivity index (χ0v) is 16.6. The van der Waals surface area contributed by atoms with Gasteiger partial charge in [-0.05, 0) is 57.5 Å². The van der Waals surface area contributed by atoms with E-state index in [0.717, 1.165) is 5.56 Å². The molecule has 0 aliphatic rings. The standard InChI is InChI=1S/C21H22N6O2/c1-13(2)28-19-9-20(27-14(3)26-19)29-18-8-15(10-23)4-5-17(18)21-24-11-16(6-7-22)12-25-21/h4-5,8-9,11-13H,6-7,22H2,1-3H3. The molecule has 0 radical (unpaired) electrons. The Hall–Kier alpha value is -3.57. The van der Waals surface area contributed by atoms with Crippen LogP contribution in [0.3, 0.4) is 0 Å². The number of aryl methyl sites for hydroxylation is 1. The average molecular weight is 390 g/mol. The van der Waals surface area contributed by atoms with Gasteiger partial charge in [0.25, 0.3) is 0 Å². The summed E-state index contributed by atoms with van der Waals surface area (Å²) in [6, 6.07) is 8.81. The van der Waals surface area contributed by atoms with E-state index in [1.807, 2.05) is 13.8 Å². The first-order chi connectivity index (χ1) is 14.0. The number of hydrogen-bond acceptors (Lipinski definition) is 8. The smallest absolute Gasteiger partial charge is 0.226 e. The van der Waals surface area contributed by atoms with E-state index in [1.165, 1.54) is 0 Å². The van der Waals surface area contributed by atoms with Crippen molar-refractivity contribution in [2.45, 2.75) is 33.3 Å². The first-order valence-electron chi connectivity index (χ1n) is 9.24. The number of aromatic nitrogens is 4. The summed E-state index contributed by atoms with van der Waals surface area (Å²) in [6.07, 6.45) is 4.15. The highest BCUT2D eigenvalue weighted by molar-refractivity contribution is 5.66. The summed E-state index contributed by atoms with van der Waals surface area (Å²) < 4.78 is 11.7. The molecule has 148 valence electrons. The highest BCUT2D eigenvalue weighted by Gasteiger charge is 2.14. The molecule has 29 heavy (non-hydrogen) atoms. The molecule has 2 heterocycles. The van der Waals surface area contributed by atoms with Gasteiger partial charge < -0.3 is 15.2 Å². The number of benzene rings is 1. The molecule has 3 rings (SSSR count). The molecule has 8 nitrogen and oxygen atoms in total. The summed E-state index contributed by atoms with van der Waals surface area (Å²) in [5.74, 6) is 2.14. The maximum Gasteiger partial charge on any atom is 0.226 e. The Kier molecular flexibility index (Phi) is 6.32. The zero-order valence-electron chi connectivity index (χ0n) is 16.6. The average Bonchev–Trinajstić information content (AvgIpc) is 2.68. The molecule has 0 fully saturated rings. The number of ether oxygens (including phenoxy) is 2. The van der Waals surface area contributed by atoms with Gasteiger partial charge in [0.05, 0.1) is 29.4 Å². The van der Waals surface area contributed by atoms with Gasteiger partial charge in [-0.25, -0.2) is 9.97 Å². The third kappa shape index (κ3) is 5.24. The summed E-state index contributed by atoms with van der Waals surface area (Å²) >= 11 is 0. The van der Waals surface area contributed by atoms with Gasteiger partial charge >= 0.3 is 0 Å². The van der Waals surface area contributed by atoms with Crippen molar-refractivity contribution in [2.24, 2.45) is 5.73 Å². The molecule has 0 atom stereocenters. The van der Waals surface area contributed by atoms with Gasteiger partial charge in [0.1, 0.15) is 11.6 Å². The number of nitrogens with zero attached hydrogens (tertiary/aromatic N) is 5. The normalized spacial score (nSPS) is 10.6. The SMILES string of the molecule is Cc1nc(Oc2cc(C#N)ccc2-c2ncc(CCN)cn2)cc(OC(C)C)n1. The molecule has 2 aromatic heterocycles. The minimum absolute atomic E-state index is 0.0323. The largest absolute Gasteiger partial charge is 0.475 e. The van der Waals surface area contributed by atoms with Crippen molar-refractivity contribution in [3.05, 3.63) is 53.6 Å². The number of nitrogens with two attached hydrogens (primary N) is 1. The fraction of sp³-hybridized carbons (Fsp3) is 0.286. The molecule has 8 heteroatoms. The van der Waals surface area contributed by atoms with Crippen LogP contribution in [0.5, 0.6) is 17.5 Å². The summed E-state index contributed by atoms with van der Waals surface area (Å²) in [6.45, 7) is 6.12. The van der Waals surface area contributed by atoms with Crippen LogP contribution < -0.4 is 15.2 Å². The van der Waals surface area contributed by atoms with Crippen molar-refractivity contribution in [1.29, 1.82) is 5.26 Å². The molecule has 0 amide bonds. The zero-order chi connectivity index (χ0) is 20.8. The van der Waals surface area contributed by atoms with Crippen LogP contribution in [0, 0.1) is 18.3 Å². The van der Waals surface area contributed by atoms with Crippen molar-refractivity contribution in [2.75, 3.05) is 6.54 Å². The van der Waals surface area contributed by atoms with E-state index in [2.05, 4.69) is 26.0 Å². The van der Waals surface area contributed by atoms with Crippen LogP contribution in [0.1, 0.15) is 30.8 Å². The Morgan fingerprint density at radius 2 is 1.83 bits per heavy atom. The lowest BCUT2D eigenvalue weighted by Crippen LogP contribution is -2.08. The number of hydrogen-bond donors (Lipinski definition) is 1. The van der Waals surface area contributed by atoms with E-state index in [1.54, 1.807) is 43.6 Å². The lowest BCUT2D eigenvalue weighted by molar-refractivity contribution is 0.230. The quantitative estimate of drug-likeness (QED) is 0.653. The predicted octanol–water partition coefficient (Wildman–Crippen LogP) is 3.19. The minimum Gasteiger partial charge on any atom is -0.475 e. The first kappa shape index (κ1) is 20.2. The molecular weight excluding hydrogens is 368 g/mol. The maximum atomic E-state index is 9.28. The van der Waals surface area contributed by atoms with E-state index in [0.29, 0.717) is 53.3 Å². The van der Waals surface area contributed by atoms with Crippen LogP contribution in [-0.2, 0) is 6.42 Å². The molecule has 0 saturated carbocycles. The van der Waals surface area contributed by atoms with Gasteiger partial charge in [0.2, 0.25) is 11.8 Å². The van der Waals surface area contributed by atoms with Gasteiger partial charge in [-0.1, -0.05) is 0 Å². The Morgan fingerprint density at radius 3 is 2.48 bits per heavy atom. The molecule has 0 bridgehead atoms. The Bertz CT molecular complexity index is 1030. The van der Waals surface area contributed by atoms with E-state index in [-0.39, 0.29) is 6.10 Å². The Labute approximate surface area is 169 Å². The molecule has 0 unspecified atom stereocenters. The van der Waals surface area contributed by atoms with Crippen LogP contribution in [0.2, 0.25) is 0 Å². The predicted molar refractivity (Wildman–Crippen MR) is 108 cm³/mol. The second-order valence-corrected chi connectivity index (χ2v) is 6.64. The van der Waals surface area contributed by atoms with Gasteiger partial charge in [0, 0.05) is 12.4 Å². The molecule has 3 aromatic rings. The fourth-order valence-electron chi connectivity index (χ4n) is 2.63. The van der Waals surface area contributed by atoms with Crippen molar-refractivity contribution >= 4 is 0 Å².